The molecular weight excluding hydrogens is 562 g/mol. The number of nitrogens with zero attached hydrogens (tertiary/aromatic N) is 5. The van der Waals surface area contributed by atoms with Crippen LogP contribution in [0.1, 0.15) is 55.1 Å². The van der Waals surface area contributed by atoms with Gasteiger partial charge in [-0.15, -0.1) is 0 Å². The van der Waals surface area contributed by atoms with Crippen molar-refractivity contribution in [2.24, 2.45) is 0 Å². The minimum Gasteiger partial charge on any atom is -0.395 e. The average Bonchev–Trinajstić information content (AvgIpc) is 3.05. The molecule has 0 radical (unpaired) electrons. The first-order valence-electron chi connectivity index (χ1n) is 16.3. The Labute approximate surface area is 268 Å². The number of nitrogens with one attached hydrogen (secondary N) is 2. The molecule has 2 fully saturated rings. The van der Waals surface area contributed by atoms with Crippen molar-refractivity contribution in [1.29, 1.82) is 0 Å². The highest BCUT2D eigenvalue weighted by Crippen LogP contribution is 2.36. The van der Waals surface area contributed by atoms with Gasteiger partial charge in [0.1, 0.15) is 6.33 Å². The first-order chi connectivity index (χ1) is 21.8. The van der Waals surface area contributed by atoms with E-state index in [4.69, 9.17) is 5.11 Å². The van der Waals surface area contributed by atoms with Crippen molar-refractivity contribution in [1.82, 2.24) is 25.1 Å². The molecule has 2 aliphatic rings. The summed E-state index contributed by atoms with van der Waals surface area (Å²) in [5, 5.41) is 14.8. The highest BCUT2D eigenvalue weighted by Gasteiger charge is 2.39. The molecule has 2 aromatic carbocycles. The van der Waals surface area contributed by atoms with Gasteiger partial charge in [0.05, 0.1) is 24.5 Å². The number of likely N-dealkylation sites (tertiary alicyclic amines) is 2. The van der Waals surface area contributed by atoms with Gasteiger partial charge in [-0.1, -0.05) is 36.9 Å². The van der Waals surface area contributed by atoms with Crippen LogP contribution in [0, 0.1) is 13.8 Å². The summed E-state index contributed by atoms with van der Waals surface area (Å²) in [4.78, 5) is 28.8. The second-order valence-electron chi connectivity index (χ2n) is 12.7. The Hall–Kier alpha value is -3.79. The van der Waals surface area contributed by atoms with E-state index in [1.807, 2.05) is 26.0 Å². The molecular formula is C36H49N7O2. The van der Waals surface area contributed by atoms with E-state index in [0.29, 0.717) is 12.6 Å². The average molecular weight is 612 g/mol. The molecule has 3 N–H and O–H groups in total. The van der Waals surface area contributed by atoms with Gasteiger partial charge in [0, 0.05) is 73.5 Å². The largest absolute Gasteiger partial charge is 0.395 e. The maximum atomic E-state index is 12.2. The third kappa shape index (κ3) is 8.09. The van der Waals surface area contributed by atoms with E-state index in [1.54, 1.807) is 6.33 Å². The first-order valence-corrected chi connectivity index (χ1v) is 16.3. The van der Waals surface area contributed by atoms with Gasteiger partial charge >= 0.3 is 0 Å². The number of amides is 1. The number of aliphatic hydroxyl groups excluding tert-OH is 1. The van der Waals surface area contributed by atoms with Gasteiger partial charge in [-0.2, -0.15) is 0 Å². The minimum atomic E-state index is -0.118. The number of carbonyl (C=O) groups is 1. The molecule has 3 aromatic rings. The van der Waals surface area contributed by atoms with Gasteiger partial charge < -0.3 is 25.5 Å². The van der Waals surface area contributed by atoms with Crippen molar-refractivity contribution in [2.45, 2.75) is 64.6 Å². The van der Waals surface area contributed by atoms with Crippen LogP contribution in [0.5, 0.6) is 0 Å². The zero-order valence-electron chi connectivity index (χ0n) is 27.1. The van der Waals surface area contributed by atoms with Gasteiger partial charge in [0.25, 0.3) is 0 Å². The summed E-state index contributed by atoms with van der Waals surface area (Å²) in [6, 6.07) is 19.3. The first kappa shape index (κ1) is 32.6. The zero-order chi connectivity index (χ0) is 31.8. The Morgan fingerprint density at radius 3 is 2.27 bits per heavy atom. The fraction of sp³-hybridized carbons (Fsp3) is 0.472. The smallest absolute Gasteiger partial charge is 0.238 e. The molecule has 9 heteroatoms. The number of hydrogen-bond acceptors (Lipinski definition) is 8. The molecule has 2 saturated heterocycles. The normalized spacial score (nSPS) is 17.2. The van der Waals surface area contributed by atoms with E-state index in [0.717, 1.165) is 86.7 Å². The SMILES string of the molecule is C=C(c1c(C)ncnc1C)N1CCC(C)(N2CCC(N(Cc3ccccc3)c3ccc(NC(=O)CNCCO)cc3)CC2)CC1. The molecule has 3 heterocycles. The third-order valence-corrected chi connectivity index (χ3v) is 9.66. The summed E-state index contributed by atoms with van der Waals surface area (Å²) in [6.45, 7) is 16.5. The monoisotopic (exact) mass is 611 g/mol. The number of rotatable bonds is 12. The molecule has 0 atom stereocenters. The Kier molecular flexibility index (Phi) is 10.9. The lowest BCUT2D eigenvalue weighted by Gasteiger charge is -2.51. The summed E-state index contributed by atoms with van der Waals surface area (Å²) in [5.41, 5.74) is 7.54. The Balaban J connectivity index is 1.21. The van der Waals surface area contributed by atoms with Crippen molar-refractivity contribution in [3.63, 3.8) is 0 Å². The summed E-state index contributed by atoms with van der Waals surface area (Å²) in [5.74, 6) is -0.118. The van der Waals surface area contributed by atoms with Crippen molar-refractivity contribution in [3.05, 3.63) is 90.0 Å². The number of carbonyl (C=O) groups excluding carboxylic acids is 1. The number of aryl methyl sites for hydroxylation is 2. The summed E-state index contributed by atoms with van der Waals surface area (Å²) >= 11 is 0. The van der Waals surface area contributed by atoms with E-state index in [-0.39, 0.29) is 24.6 Å². The standard InChI is InChI=1S/C36H49N7O2/c1-27-35(28(2)39-26-38-27)29(3)41-21-16-36(4,17-22-41)42-19-14-33(15-20-42)43(25-30-8-6-5-7-9-30)32-12-10-31(11-13-32)40-34(45)24-37-18-23-44/h5-13,26,33,37,44H,3,14-25H2,1-2,4H3,(H,40,45). The number of aromatic nitrogens is 2. The lowest BCUT2D eigenvalue weighted by molar-refractivity contribution is -0.115. The van der Waals surface area contributed by atoms with E-state index >= 15 is 0 Å². The Bertz CT molecular complexity index is 1390. The molecule has 0 spiro atoms. The van der Waals surface area contributed by atoms with Crippen LogP contribution in [0.15, 0.2) is 67.5 Å². The highest BCUT2D eigenvalue weighted by molar-refractivity contribution is 5.92. The van der Waals surface area contributed by atoms with Crippen LogP contribution in [0.2, 0.25) is 0 Å². The molecule has 0 aliphatic carbocycles. The maximum Gasteiger partial charge on any atom is 0.238 e. The van der Waals surface area contributed by atoms with Crippen LogP contribution in [-0.4, -0.2) is 88.2 Å². The summed E-state index contributed by atoms with van der Waals surface area (Å²) in [6.07, 6.45) is 6.06. The third-order valence-electron chi connectivity index (χ3n) is 9.66. The Morgan fingerprint density at radius 2 is 1.64 bits per heavy atom. The van der Waals surface area contributed by atoms with Gasteiger partial charge in [-0.25, -0.2) is 9.97 Å². The number of hydrogen-bond donors (Lipinski definition) is 3. The fourth-order valence-corrected chi connectivity index (χ4v) is 6.89. The molecule has 1 amide bonds. The zero-order valence-corrected chi connectivity index (χ0v) is 27.1. The summed E-state index contributed by atoms with van der Waals surface area (Å²) < 4.78 is 0. The lowest BCUT2D eigenvalue weighted by Crippen LogP contribution is -2.57. The lowest BCUT2D eigenvalue weighted by atomic mass is 9.85. The second kappa shape index (κ2) is 15.0. The van der Waals surface area contributed by atoms with Crippen LogP contribution in [0.4, 0.5) is 11.4 Å². The molecule has 5 rings (SSSR count). The van der Waals surface area contributed by atoms with E-state index < -0.39 is 0 Å². The van der Waals surface area contributed by atoms with Gasteiger partial charge in [0.2, 0.25) is 5.91 Å². The molecule has 45 heavy (non-hydrogen) atoms. The molecule has 9 nitrogen and oxygen atoms in total. The molecule has 240 valence electrons. The van der Waals surface area contributed by atoms with Crippen molar-refractivity contribution in [2.75, 3.05) is 56.1 Å². The quantitative estimate of drug-likeness (QED) is 0.256. The predicted octanol–water partition coefficient (Wildman–Crippen LogP) is 4.61. The van der Waals surface area contributed by atoms with Crippen LogP contribution in [-0.2, 0) is 11.3 Å². The van der Waals surface area contributed by atoms with Gasteiger partial charge in [0.15, 0.2) is 0 Å². The van der Waals surface area contributed by atoms with E-state index in [1.165, 1.54) is 11.3 Å². The number of aliphatic hydroxyl groups is 1. The number of anilines is 2. The van der Waals surface area contributed by atoms with E-state index in [2.05, 4.69) is 91.3 Å². The second-order valence-corrected chi connectivity index (χ2v) is 12.7. The molecule has 0 saturated carbocycles. The fourth-order valence-electron chi connectivity index (χ4n) is 6.89. The minimum absolute atomic E-state index is 0.0105. The van der Waals surface area contributed by atoms with E-state index in [9.17, 15) is 4.79 Å². The van der Waals surface area contributed by atoms with Crippen LogP contribution in [0.3, 0.4) is 0 Å². The highest BCUT2D eigenvalue weighted by atomic mass is 16.3. The van der Waals surface area contributed by atoms with Crippen molar-refractivity contribution < 1.29 is 9.90 Å². The van der Waals surface area contributed by atoms with Crippen LogP contribution in [0.25, 0.3) is 5.70 Å². The number of piperidine rings is 2. The molecule has 1 aromatic heterocycles. The van der Waals surface area contributed by atoms with Crippen molar-refractivity contribution in [3.8, 4) is 0 Å². The Morgan fingerprint density at radius 1 is 1.00 bits per heavy atom. The van der Waals surface area contributed by atoms with Crippen LogP contribution < -0.4 is 15.5 Å². The maximum absolute atomic E-state index is 12.2. The number of benzene rings is 2. The van der Waals surface area contributed by atoms with Gasteiger partial charge in [-0.3, -0.25) is 9.69 Å². The molecule has 2 aliphatic heterocycles. The van der Waals surface area contributed by atoms with Crippen LogP contribution >= 0.6 is 0 Å². The van der Waals surface area contributed by atoms with Gasteiger partial charge in [-0.05, 0) is 76.3 Å². The molecule has 0 unspecified atom stereocenters. The van der Waals surface area contributed by atoms with Crippen molar-refractivity contribution >= 4 is 23.0 Å². The molecule has 0 bridgehead atoms. The summed E-state index contributed by atoms with van der Waals surface area (Å²) in [7, 11) is 0. The topological polar surface area (TPSA) is 96.9 Å². The predicted molar refractivity (Wildman–Crippen MR) is 182 cm³/mol.